The second kappa shape index (κ2) is 9.56. The van der Waals surface area contributed by atoms with E-state index in [0.717, 1.165) is 26.2 Å². The Balaban J connectivity index is 1.93. The van der Waals surface area contributed by atoms with Crippen molar-refractivity contribution in [3.05, 3.63) is 79.7 Å². The van der Waals surface area contributed by atoms with Crippen molar-refractivity contribution in [2.75, 3.05) is 19.1 Å². The fourth-order valence-electron chi connectivity index (χ4n) is 2.77. The summed E-state index contributed by atoms with van der Waals surface area (Å²) in [4.78, 5) is 6.36. The molecule has 0 spiro atoms. The molecule has 2 aromatic carbocycles. The van der Waals surface area contributed by atoms with Crippen LogP contribution in [-0.4, -0.2) is 19.2 Å². The van der Waals surface area contributed by atoms with E-state index >= 15 is 0 Å². The molecule has 0 saturated carbocycles. The highest BCUT2D eigenvalue weighted by molar-refractivity contribution is 14.1. The first-order valence-electron chi connectivity index (χ1n) is 8.52. The third-order valence-corrected chi connectivity index (χ3v) is 6.40. The van der Waals surface area contributed by atoms with E-state index in [1.807, 2.05) is 53.4 Å². The Morgan fingerprint density at radius 3 is 1.82 bits per heavy atom. The number of pyridine rings is 1. The molecule has 0 fully saturated rings. The minimum Gasteiger partial charge on any atom is -0.497 e. The van der Waals surface area contributed by atoms with Crippen molar-refractivity contribution in [2.45, 2.75) is 13.1 Å². The lowest BCUT2D eigenvalue weighted by Crippen LogP contribution is -2.24. The smallest absolute Gasteiger partial charge is 0.166 e. The number of rotatable bonds is 7. The molecule has 4 nitrogen and oxygen atoms in total. The highest BCUT2D eigenvalue weighted by Gasteiger charge is 2.17. The molecule has 146 valence electrons. The maximum absolute atomic E-state index is 14.8. The molecule has 7 heteroatoms. The Morgan fingerprint density at radius 2 is 1.39 bits per heavy atom. The summed E-state index contributed by atoms with van der Waals surface area (Å²) in [6, 6.07) is 17.0. The quantitative estimate of drug-likeness (QED) is 0.272. The monoisotopic (exact) mass is 556 g/mol. The molecule has 0 atom stereocenters. The Hall–Kier alpha value is -1.87. The van der Waals surface area contributed by atoms with Crippen LogP contribution in [0.15, 0.2) is 59.2 Å². The van der Waals surface area contributed by atoms with Gasteiger partial charge in [-0.2, -0.15) is 0 Å². The summed E-state index contributed by atoms with van der Waals surface area (Å²) < 4.78 is 26.5. The minimum absolute atomic E-state index is 0.305. The fourth-order valence-corrected chi connectivity index (χ4v) is 3.44. The second-order valence-corrected chi connectivity index (χ2v) is 8.03. The maximum atomic E-state index is 14.8. The van der Waals surface area contributed by atoms with Gasteiger partial charge in [0.15, 0.2) is 11.6 Å². The molecule has 3 rings (SSSR count). The average molecular weight is 557 g/mol. The molecule has 0 aliphatic carbocycles. The lowest BCUT2D eigenvalue weighted by Gasteiger charge is -2.25. The zero-order valence-electron chi connectivity index (χ0n) is 15.5. The first kappa shape index (κ1) is 20.9. The van der Waals surface area contributed by atoms with Gasteiger partial charge in [-0.25, -0.2) is 9.37 Å². The van der Waals surface area contributed by atoms with Crippen LogP contribution in [0.2, 0.25) is 0 Å². The lowest BCUT2D eigenvalue weighted by molar-refractivity contribution is 0.414. The second-order valence-electron chi connectivity index (χ2n) is 6.12. The summed E-state index contributed by atoms with van der Waals surface area (Å²) >= 11 is 5.47. The first-order valence-corrected chi connectivity index (χ1v) is 10.4. The van der Waals surface area contributed by atoms with Crippen molar-refractivity contribution in [2.24, 2.45) is 0 Å². The van der Waals surface area contributed by atoms with E-state index < -0.39 is 0 Å². The molecule has 0 bridgehead atoms. The van der Waals surface area contributed by atoms with Crippen LogP contribution in [0.5, 0.6) is 11.5 Å². The van der Waals surface area contributed by atoms with Crippen LogP contribution in [0.1, 0.15) is 11.1 Å². The van der Waals surface area contributed by atoms with Gasteiger partial charge in [0.2, 0.25) is 0 Å². The summed E-state index contributed by atoms with van der Waals surface area (Å²) in [5.41, 5.74) is 2.07. The SMILES string of the molecule is COc1ccc(CN(Cc2ccc(OC)cc2)c2nc(Br)c(I)cc2F)cc1. The maximum Gasteiger partial charge on any atom is 0.166 e. The predicted molar refractivity (Wildman–Crippen MR) is 120 cm³/mol. The Labute approximate surface area is 186 Å². The van der Waals surface area contributed by atoms with Gasteiger partial charge in [0.25, 0.3) is 0 Å². The molecule has 0 unspecified atom stereocenters. The van der Waals surface area contributed by atoms with Crippen molar-refractivity contribution in [3.63, 3.8) is 0 Å². The number of ether oxygens (including phenoxy) is 2. The minimum atomic E-state index is -0.352. The van der Waals surface area contributed by atoms with Gasteiger partial charge in [-0.1, -0.05) is 24.3 Å². The fraction of sp³-hybridized carbons (Fsp3) is 0.190. The van der Waals surface area contributed by atoms with Crippen LogP contribution in [0.25, 0.3) is 0 Å². The normalized spacial score (nSPS) is 10.6. The molecule has 0 amide bonds. The number of nitrogens with zero attached hydrogens (tertiary/aromatic N) is 2. The van der Waals surface area contributed by atoms with E-state index in [2.05, 4.69) is 43.5 Å². The van der Waals surface area contributed by atoms with Crippen LogP contribution in [0.4, 0.5) is 10.2 Å². The molecule has 1 heterocycles. The molecule has 0 radical (unpaired) electrons. The molecular formula is C21H19BrFIN2O2. The number of hydrogen-bond acceptors (Lipinski definition) is 4. The Bertz CT molecular complexity index is 887. The van der Waals surface area contributed by atoms with Gasteiger partial charge in [-0.15, -0.1) is 0 Å². The van der Waals surface area contributed by atoms with Crippen LogP contribution in [0.3, 0.4) is 0 Å². The molecule has 0 aliphatic rings. The number of benzene rings is 2. The third kappa shape index (κ3) is 5.14. The molecule has 28 heavy (non-hydrogen) atoms. The number of aromatic nitrogens is 1. The van der Waals surface area contributed by atoms with Gasteiger partial charge in [-0.05, 0) is 80.0 Å². The van der Waals surface area contributed by atoms with E-state index in [1.54, 1.807) is 14.2 Å². The van der Waals surface area contributed by atoms with E-state index in [1.165, 1.54) is 6.07 Å². The van der Waals surface area contributed by atoms with Gasteiger partial charge in [0.05, 0.1) is 14.2 Å². The largest absolute Gasteiger partial charge is 0.497 e. The predicted octanol–water partition coefficient (Wildman–Crippen LogP) is 5.81. The van der Waals surface area contributed by atoms with E-state index in [0.29, 0.717) is 23.5 Å². The zero-order chi connectivity index (χ0) is 20.1. The molecule has 0 N–H and O–H groups in total. The summed E-state index contributed by atoms with van der Waals surface area (Å²) in [5.74, 6) is 1.52. The van der Waals surface area contributed by atoms with Crippen molar-refractivity contribution < 1.29 is 13.9 Å². The summed E-state index contributed by atoms with van der Waals surface area (Å²) in [5, 5.41) is 0. The number of halogens is 3. The van der Waals surface area contributed by atoms with E-state index in [4.69, 9.17) is 9.47 Å². The van der Waals surface area contributed by atoms with Crippen LogP contribution in [0, 0.1) is 9.39 Å². The standard InChI is InChI=1S/C21H19BrFIN2O2/c1-27-16-7-3-14(4-8-16)12-26(13-15-5-9-17(28-2)10-6-15)21-18(23)11-19(24)20(22)25-21/h3-11H,12-13H2,1-2H3. The Morgan fingerprint density at radius 1 is 0.929 bits per heavy atom. The van der Waals surface area contributed by atoms with Crippen LogP contribution < -0.4 is 14.4 Å². The molecular weight excluding hydrogens is 538 g/mol. The number of anilines is 1. The number of hydrogen-bond donors (Lipinski definition) is 0. The molecule has 1 aromatic heterocycles. The Kier molecular flexibility index (Phi) is 7.12. The summed E-state index contributed by atoms with van der Waals surface area (Å²) in [6.45, 7) is 1.01. The number of methoxy groups -OCH3 is 2. The van der Waals surface area contributed by atoms with E-state index in [9.17, 15) is 4.39 Å². The van der Waals surface area contributed by atoms with Crippen molar-refractivity contribution >= 4 is 44.3 Å². The average Bonchev–Trinajstić information content (AvgIpc) is 2.71. The topological polar surface area (TPSA) is 34.6 Å². The lowest BCUT2D eigenvalue weighted by atomic mass is 10.1. The van der Waals surface area contributed by atoms with Gasteiger partial charge in [-0.3, -0.25) is 0 Å². The van der Waals surface area contributed by atoms with E-state index in [-0.39, 0.29) is 5.82 Å². The van der Waals surface area contributed by atoms with Crippen molar-refractivity contribution in [1.82, 2.24) is 4.98 Å². The van der Waals surface area contributed by atoms with Crippen LogP contribution in [-0.2, 0) is 13.1 Å². The molecule has 0 aliphatic heterocycles. The van der Waals surface area contributed by atoms with Gasteiger partial charge in [0.1, 0.15) is 16.1 Å². The molecule has 0 saturated heterocycles. The zero-order valence-corrected chi connectivity index (χ0v) is 19.2. The highest BCUT2D eigenvalue weighted by atomic mass is 127. The highest BCUT2D eigenvalue weighted by Crippen LogP contribution is 2.28. The van der Waals surface area contributed by atoms with Gasteiger partial charge >= 0.3 is 0 Å². The van der Waals surface area contributed by atoms with Crippen LogP contribution >= 0.6 is 38.5 Å². The van der Waals surface area contributed by atoms with Crippen molar-refractivity contribution in [3.8, 4) is 11.5 Å². The summed E-state index contributed by atoms with van der Waals surface area (Å²) in [7, 11) is 3.26. The van der Waals surface area contributed by atoms with Gasteiger partial charge < -0.3 is 14.4 Å². The van der Waals surface area contributed by atoms with Crippen molar-refractivity contribution in [1.29, 1.82) is 0 Å². The first-order chi connectivity index (χ1) is 13.5. The molecule has 3 aromatic rings. The summed E-state index contributed by atoms with van der Waals surface area (Å²) in [6.07, 6.45) is 0. The van der Waals surface area contributed by atoms with Gasteiger partial charge in [0, 0.05) is 16.7 Å². The third-order valence-electron chi connectivity index (χ3n) is 4.23.